The van der Waals surface area contributed by atoms with Crippen molar-refractivity contribution in [3.63, 3.8) is 0 Å². The van der Waals surface area contributed by atoms with Crippen LogP contribution in [0.15, 0.2) is 54.7 Å². The number of hydrogen-bond acceptors (Lipinski definition) is 5. The van der Waals surface area contributed by atoms with E-state index in [1.807, 2.05) is 30.3 Å². The summed E-state index contributed by atoms with van der Waals surface area (Å²) in [5, 5.41) is 6.14. The second-order valence-electron chi connectivity index (χ2n) is 5.93. The van der Waals surface area contributed by atoms with Crippen LogP contribution in [-0.4, -0.2) is 22.9 Å². The molecule has 0 atom stereocenters. The molecular formula is C20H20ClN5O. The molecule has 4 N–H and O–H groups in total. The molecule has 6 nitrogen and oxygen atoms in total. The number of para-hydroxylation sites is 1. The summed E-state index contributed by atoms with van der Waals surface area (Å²) in [6.45, 7) is 0.485. The highest BCUT2D eigenvalue weighted by Crippen LogP contribution is 2.25. The van der Waals surface area contributed by atoms with Gasteiger partial charge in [0, 0.05) is 20.0 Å². The molecule has 2 aromatic carbocycles. The SMILES string of the molecule is CNC(=O)c1ccccc1Nc1nc(Cc2cccc(CN)c2)ncc1Cl. The molecule has 1 amide bonds. The Bertz CT molecular complexity index is 961. The van der Waals surface area contributed by atoms with Crippen molar-refractivity contribution in [2.24, 2.45) is 5.73 Å². The first-order valence-corrected chi connectivity index (χ1v) is 8.86. The van der Waals surface area contributed by atoms with E-state index in [2.05, 4.69) is 20.6 Å². The van der Waals surface area contributed by atoms with E-state index in [9.17, 15) is 4.79 Å². The fourth-order valence-electron chi connectivity index (χ4n) is 2.68. The summed E-state index contributed by atoms with van der Waals surface area (Å²) < 4.78 is 0. The van der Waals surface area contributed by atoms with Gasteiger partial charge in [-0.2, -0.15) is 0 Å². The summed E-state index contributed by atoms with van der Waals surface area (Å²) in [6, 6.07) is 15.2. The molecule has 0 saturated carbocycles. The van der Waals surface area contributed by atoms with Crippen LogP contribution in [0.5, 0.6) is 0 Å². The summed E-state index contributed by atoms with van der Waals surface area (Å²) >= 11 is 6.26. The van der Waals surface area contributed by atoms with Crippen molar-refractivity contribution in [1.82, 2.24) is 15.3 Å². The van der Waals surface area contributed by atoms with Crippen molar-refractivity contribution >= 4 is 29.0 Å². The summed E-state index contributed by atoms with van der Waals surface area (Å²) in [5.74, 6) is 0.878. The molecule has 0 saturated heterocycles. The number of amides is 1. The van der Waals surface area contributed by atoms with Gasteiger partial charge in [-0.3, -0.25) is 4.79 Å². The molecule has 3 aromatic rings. The van der Waals surface area contributed by atoms with Gasteiger partial charge in [-0.05, 0) is 23.3 Å². The fourth-order valence-corrected chi connectivity index (χ4v) is 2.82. The molecule has 0 aliphatic carbocycles. The third-order valence-electron chi connectivity index (χ3n) is 4.04. The molecule has 0 aliphatic rings. The minimum Gasteiger partial charge on any atom is -0.355 e. The van der Waals surface area contributed by atoms with Gasteiger partial charge in [-0.15, -0.1) is 0 Å². The molecule has 3 rings (SSSR count). The molecule has 7 heteroatoms. The van der Waals surface area contributed by atoms with Gasteiger partial charge in [0.25, 0.3) is 5.91 Å². The number of halogens is 1. The zero-order valence-corrected chi connectivity index (χ0v) is 15.6. The Kier molecular flexibility index (Phi) is 6.01. The smallest absolute Gasteiger partial charge is 0.253 e. The average Bonchev–Trinajstić information content (AvgIpc) is 2.70. The predicted octanol–water partition coefficient (Wildman–Crippen LogP) is 3.28. The summed E-state index contributed by atoms with van der Waals surface area (Å²) in [7, 11) is 1.59. The lowest BCUT2D eigenvalue weighted by Crippen LogP contribution is -2.19. The maximum atomic E-state index is 12.1. The maximum Gasteiger partial charge on any atom is 0.253 e. The number of anilines is 2. The van der Waals surface area contributed by atoms with Crippen LogP contribution in [0, 0.1) is 0 Å². The first-order chi connectivity index (χ1) is 13.1. The van der Waals surface area contributed by atoms with Crippen LogP contribution in [0.2, 0.25) is 5.02 Å². The standard InChI is InChI=1S/C20H20ClN5O/c1-23-20(27)15-7-2-3-8-17(15)25-19-16(21)12-24-18(26-19)10-13-5-4-6-14(9-13)11-22/h2-9,12H,10-11,22H2,1H3,(H,23,27)(H,24,25,26). The normalized spacial score (nSPS) is 10.5. The van der Waals surface area contributed by atoms with Gasteiger partial charge in [0.2, 0.25) is 0 Å². The Morgan fingerprint density at radius 2 is 1.93 bits per heavy atom. The largest absolute Gasteiger partial charge is 0.355 e. The number of hydrogen-bond donors (Lipinski definition) is 3. The fraction of sp³-hybridized carbons (Fsp3) is 0.150. The quantitative estimate of drug-likeness (QED) is 0.609. The Morgan fingerprint density at radius 3 is 2.70 bits per heavy atom. The molecule has 0 aliphatic heterocycles. The Hall–Kier alpha value is -2.96. The van der Waals surface area contributed by atoms with Crippen molar-refractivity contribution in [2.45, 2.75) is 13.0 Å². The molecule has 138 valence electrons. The monoisotopic (exact) mass is 381 g/mol. The lowest BCUT2D eigenvalue weighted by Gasteiger charge is -2.12. The Morgan fingerprint density at radius 1 is 1.15 bits per heavy atom. The van der Waals surface area contributed by atoms with Crippen molar-refractivity contribution in [1.29, 1.82) is 0 Å². The van der Waals surface area contributed by atoms with Crippen LogP contribution in [0.1, 0.15) is 27.3 Å². The van der Waals surface area contributed by atoms with Crippen LogP contribution >= 0.6 is 11.6 Å². The number of nitrogens with zero attached hydrogens (tertiary/aromatic N) is 2. The zero-order chi connectivity index (χ0) is 19.2. The number of aromatic nitrogens is 2. The van der Waals surface area contributed by atoms with Gasteiger partial charge >= 0.3 is 0 Å². The zero-order valence-electron chi connectivity index (χ0n) is 14.9. The molecule has 0 radical (unpaired) electrons. The molecule has 1 aromatic heterocycles. The molecule has 27 heavy (non-hydrogen) atoms. The van der Waals surface area contributed by atoms with E-state index in [0.717, 1.165) is 11.1 Å². The number of benzene rings is 2. The predicted molar refractivity (Wildman–Crippen MR) is 107 cm³/mol. The second kappa shape index (κ2) is 8.62. The van der Waals surface area contributed by atoms with E-state index in [0.29, 0.717) is 40.9 Å². The lowest BCUT2D eigenvalue weighted by molar-refractivity contribution is 0.0964. The third kappa shape index (κ3) is 4.61. The van der Waals surface area contributed by atoms with Gasteiger partial charge in [0.1, 0.15) is 10.8 Å². The van der Waals surface area contributed by atoms with Gasteiger partial charge in [0.15, 0.2) is 5.82 Å². The highest BCUT2D eigenvalue weighted by atomic mass is 35.5. The molecule has 0 fully saturated rings. The summed E-state index contributed by atoms with van der Waals surface area (Å²) in [6.07, 6.45) is 2.11. The van der Waals surface area contributed by atoms with E-state index in [1.54, 1.807) is 31.4 Å². The van der Waals surface area contributed by atoms with Crippen LogP contribution in [0.3, 0.4) is 0 Å². The average molecular weight is 382 g/mol. The van der Waals surface area contributed by atoms with Crippen LogP contribution in [0.25, 0.3) is 0 Å². The number of nitrogens with one attached hydrogen (secondary N) is 2. The van der Waals surface area contributed by atoms with Crippen molar-refractivity contribution < 1.29 is 4.79 Å². The first-order valence-electron chi connectivity index (χ1n) is 8.48. The van der Waals surface area contributed by atoms with E-state index < -0.39 is 0 Å². The number of carbonyl (C=O) groups is 1. The minimum atomic E-state index is -0.192. The topological polar surface area (TPSA) is 92.9 Å². The van der Waals surface area contributed by atoms with E-state index >= 15 is 0 Å². The number of carbonyl (C=O) groups excluding carboxylic acids is 1. The Labute approximate surface area is 162 Å². The molecule has 1 heterocycles. The van der Waals surface area contributed by atoms with Gasteiger partial charge in [-0.25, -0.2) is 9.97 Å². The summed E-state index contributed by atoms with van der Waals surface area (Å²) in [4.78, 5) is 20.9. The first kappa shape index (κ1) is 18.8. The Balaban J connectivity index is 1.87. The summed E-state index contributed by atoms with van der Waals surface area (Å²) in [5.41, 5.74) is 8.95. The second-order valence-corrected chi connectivity index (χ2v) is 6.34. The van der Waals surface area contributed by atoms with Gasteiger partial charge in [0.05, 0.1) is 17.4 Å². The van der Waals surface area contributed by atoms with Crippen LogP contribution in [-0.2, 0) is 13.0 Å². The molecule has 0 bridgehead atoms. The molecule has 0 unspecified atom stereocenters. The van der Waals surface area contributed by atoms with Crippen molar-refractivity contribution in [3.8, 4) is 0 Å². The maximum absolute atomic E-state index is 12.1. The van der Waals surface area contributed by atoms with Crippen molar-refractivity contribution in [2.75, 3.05) is 12.4 Å². The lowest BCUT2D eigenvalue weighted by atomic mass is 10.1. The minimum absolute atomic E-state index is 0.192. The molecule has 0 spiro atoms. The van der Waals surface area contributed by atoms with E-state index in [1.165, 1.54) is 0 Å². The highest BCUT2D eigenvalue weighted by molar-refractivity contribution is 6.32. The van der Waals surface area contributed by atoms with Crippen molar-refractivity contribution in [3.05, 3.63) is 82.3 Å². The highest BCUT2D eigenvalue weighted by Gasteiger charge is 2.12. The third-order valence-corrected chi connectivity index (χ3v) is 4.31. The van der Waals surface area contributed by atoms with Gasteiger partial charge in [-0.1, -0.05) is 48.0 Å². The van der Waals surface area contributed by atoms with E-state index in [-0.39, 0.29) is 5.91 Å². The van der Waals surface area contributed by atoms with Crippen LogP contribution in [0.4, 0.5) is 11.5 Å². The number of rotatable bonds is 6. The van der Waals surface area contributed by atoms with Gasteiger partial charge < -0.3 is 16.4 Å². The van der Waals surface area contributed by atoms with E-state index in [4.69, 9.17) is 17.3 Å². The molecular weight excluding hydrogens is 362 g/mol. The van der Waals surface area contributed by atoms with Crippen LogP contribution < -0.4 is 16.4 Å². The number of nitrogens with two attached hydrogens (primary N) is 1.